The predicted molar refractivity (Wildman–Crippen MR) is 44.5 cm³/mol. The Balaban J connectivity index is 2.91. The van der Waals surface area contributed by atoms with Crippen molar-refractivity contribution in [2.45, 2.75) is 13.0 Å². The van der Waals surface area contributed by atoms with Gasteiger partial charge < -0.3 is 5.73 Å². The Morgan fingerprint density at radius 1 is 1.36 bits per heavy atom. The van der Waals surface area contributed by atoms with Gasteiger partial charge in [-0.1, -0.05) is 12.1 Å². The van der Waals surface area contributed by atoms with Crippen molar-refractivity contribution in [2.75, 3.05) is 0 Å². The van der Waals surface area contributed by atoms with Crippen molar-refractivity contribution in [3.63, 3.8) is 0 Å². The largest absolute Gasteiger partial charge is 0.324 e. The lowest BCUT2D eigenvalue weighted by Crippen LogP contribution is -2.03. The van der Waals surface area contributed by atoms with Gasteiger partial charge in [-0.05, 0) is 29.8 Å². The molecule has 0 fully saturated rings. The minimum atomic E-state index is 0.00991. The first kappa shape index (κ1) is 7.88. The molecule has 3 nitrogen and oxygen atoms in total. The fourth-order valence-electron chi connectivity index (χ4n) is 0.839. The minimum absolute atomic E-state index is 0.00991. The SMILES string of the molecule is C[C@H](N)c1ccc(N=O)cc1. The van der Waals surface area contributed by atoms with E-state index in [1.165, 1.54) is 0 Å². The van der Waals surface area contributed by atoms with Crippen molar-refractivity contribution in [3.8, 4) is 0 Å². The molecule has 0 saturated heterocycles. The van der Waals surface area contributed by atoms with Crippen molar-refractivity contribution >= 4 is 5.69 Å². The van der Waals surface area contributed by atoms with Crippen LogP contribution in [0.5, 0.6) is 0 Å². The van der Waals surface area contributed by atoms with Gasteiger partial charge in [-0.25, -0.2) is 0 Å². The normalized spacial score (nSPS) is 12.5. The van der Waals surface area contributed by atoms with Crippen LogP contribution in [0.4, 0.5) is 5.69 Å². The molecule has 0 unspecified atom stereocenters. The second-order valence-electron chi connectivity index (χ2n) is 2.47. The second kappa shape index (κ2) is 3.25. The van der Waals surface area contributed by atoms with Crippen molar-refractivity contribution in [2.24, 2.45) is 10.9 Å². The molecule has 0 amide bonds. The van der Waals surface area contributed by atoms with Gasteiger partial charge in [-0.15, -0.1) is 4.91 Å². The van der Waals surface area contributed by atoms with Gasteiger partial charge in [0.1, 0.15) is 5.69 Å². The lowest BCUT2D eigenvalue weighted by atomic mass is 10.1. The molecule has 0 aromatic heterocycles. The van der Waals surface area contributed by atoms with E-state index in [4.69, 9.17) is 5.73 Å². The Morgan fingerprint density at radius 3 is 2.27 bits per heavy atom. The van der Waals surface area contributed by atoms with E-state index in [1.807, 2.05) is 6.92 Å². The molecule has 0 saturated carbocycles. The molecule has 11 heavy (non-hydrogen) atoms. The van der Waals surface area contributed by atoms with Crippen LogP contribution in [0.2, 0.25) is 0 Å². The number of nitroso groups, excluding NO2 is 1. The number of hydrogen-bond acceptors (Lipinski definition) is 3. The second-order valence-corrected chi connectivity index (χ2v) is 2.47. The summed E-state index contributed by atoms with van der Waals surface area (Å²) in [7, 11) is 0. The third kappa shape index (κ3) is 1.85. The zero-order chi connectivity index (χ0) is 8.27. The summed E-state index contributed by atoms with van der Waals surface area (Å²) in [6.45, 7) is 1.89. The van der Waals surface area contributed by atoms with Crippen LogP contribution < -0.4 is 5.73 Å². The monoisotopic (exact) mass is 150 g/mol. The van der Waals surface area contributed by atoms with Crippen LogP contribution >= 0.6 is 0 Å². The summed E-state index contributed by atoms with van der Waals surface area (Å²) >= 11 is 0. The Hall–Kier alpha value is -1.22. The summed E-state index contributed by atoms with van der Waals surface area (Å²) in [5.74, 6) is 0. The zero-order valence-electron chi connectivity index (χ0n) is 6.32. The molecule has 0 bridgehead atoms. The van der Waals surface area contributed by atoms with E-state index >= 15 is 0 Å². The minimum Gasteiger partial charge on any atom is -0.324 e. The van der Waals surface area contributed by atoms with Crippen LogP contribution in [-0.2, 0) is 0 Å². The van der Waals surface area contributed by atoms with Gasteiger partial charge in [-0.2, -0.15) is 0 Å². The van der Waals surface area contributed by atoms with Gasteiger partial charge in [0.15, 0.2) is 0 Å². The highest BCUT2D eigenvalue weighted by Gasteiger charge is 1.97. The van der Waals surface area contributed by atoms with Crippen molar-refractivity contribution < 1.29 is 0 Å². The molecule has 1 rings (SSSR count). The van der Waals surface area contributed by atoms with E-state index < -0.39 is 0 Å². The first-order chi connectivity index (χ1) is 5.24. The van der Waals surface area contributed by atoms with Gasteiger partial charge in [0.25, 0.3) is 0 Å². The summed E-state index contributed by atoms with van der Waals surface area (Å²) in [5, 5.41) is 2.78. The molecule has 2 N–H and O–H groups in total. The zero-order valence-corrected chi connectivity index (χ0v) is 6.32. The maximum Gasteiger partial charge on any atom is 0.108 e. The van der Waals surface area contributed by atoms with Crippen LogP contribution in [-0.4, -0.2) is 0 Å². The fraction of sp³-hybridized carbons (Fsp3) is 0.250. The van der Waals surface area contributed by atoms with Gasteiger partial charge in [0.2, 0.25) is 0 Å². The molecular weight excluding hydrogens is 140 g/mol. The molecular formula is C8H10N2O. The van der Waals surface area contributed by atoms with Crippen LogP contribution in [0.1, 0.15) is 18.5 Å². The number of benzene rings is 1. The number of nitrogens with zero attached hydrogens (tertiary/aromatic N) is 1. The summed E-state index contributed by atoms with van der Waals surface area (Å²) in [6, 6.07) is 6.94. The highest BCUT2D eigenvalue weighted by molar-refractivity contribution is 5.39. The first-order valence-electron chi connectivity index (χ1n) is 3.43. The summed E-state index contributed by atoms with van der Waals surface area (Å²) in [4.78, 5) is 10.0. The summed E-state index contributed by atoms with van der Waals surface area (Å²) in [6.07, 6.45) is 0. The summed E-state index contributed by atoms with van der Waals surface area (Å²) < 4.78 is 0. The van der Waals surface area contributed by atoms with Crippen LogP contribution in [0.25, 0.3) is 0 Å². The fourth-order valence-corrected chi connectivity index (χ4v) is 0.839. The molecule has 0 aliphatic heterocycles. The molecule has 0 spiro atoms. The number of nitrogens with two attached hydrogens (primary N) is 1. The number of rotatable bonds is 2. The standard InChI is InChI=1S/C8H10N2O/c1-6(9)7-2-4-8(10-11)5-3-7/h2-6H,9H2,1H3/t6-/m0/s1. The average Bonchev–Trinajstić information content (AvgIpc) is 2.05. The lowest BCUT2D eigenvalue weighted by molar-refractivity contribution is 0.818. The maximum absolute atomic E-state index is 10.0. The van der Waals surface area contributed by atoms with Crippen LogP contribution in [0, 0.1) is 4.91 Å². The lowest BCUT2D eigenvalue weighted by Gasteiger charge is -2.03. The third-order valence-electron chi connectivity index (χ3n) is 1.52. The van der Waals surface area contributed by atoms with Gasteiger partial charge in [0, 0.05) is 6.04 Å². The van der Waals surface area contributed by atoms with E-state index in [1.54, 1.807) is 24.3 Å². The quantitative estimate of drug-likeness (QED) is 0.656. The molecule has 3 heteroatoms. The Labute approximate surface area is 65.2 Å². The molecule has 0 heterocycles. The maximum atomic E-state index is 10.0. The third-order valence-corrected chi connectivity index (χ3v) is 1.52. The molecule has 1 aromatic carbocycles. The Morgan fingerprint density at radius 2 is 1.91 bits per heavy atom. The van der Waals surface area contributed by atoms with Gasteiger partial charge in [-0.3, -0.25) is 0 Å². The van der Waals surface area contributed by atoms with Crippen LogP contribution in [0.15, 0.2) is 29.4 Å². The smallest absolute Gasteiger partial charge is 0.108 e. The predicted octanol–water partition coefficient (Wildman–Crippen LogP) is 2.10. The highest BCUT2D eigenvalue weighted by atomic mass is 16.3. The van der Waals surface area contributed by atoms with Crippen molar-refractivity contribution in [1.82, 2.24) is 0 Å². The molecule has 1 aromatic rings. The molecule has 0 aliphatic rings. The Bertz CT molecular complexity index is 241. The van der Waals surface area contributed by atoms with Gasteiger partial charge in [0.05, 0.1) is 0 Å². The van der Waals surface area contributed by atoms with Crippen molar-refractivity contribution in [1.29, 1.82) is 0 Å². The molecule has 58 valence electrons. The molecule has 1 atom stereocenters. The molecule has 0 aliphatic carbocycles. The highest BCUT2D eigenvalue weighted by Crippen LogP contribution is 2.15. The topological polar surface area (TPSA) is 55.4 Å². The number of hydrogen-bond donors (Lipinski definition) is 1. The van der Waals surface area contributed by atoms with E-state index in [9.17, 15) is 4.91 Å². The van der Waals surface area contributed by atoms with E-state index in [2.05, 4.69) is 5.18 Å². The van der Waals surface area contributed by atoms with E-state index in [0.717, 1.165) is 5.56 Å². The van der Waals surface area contributed by atoms with E-state index in [-0.39, 0.29) is 6.04 Å². The van der Waals surface area contributed by atoms with E-state index in [0.29, 0.717) is 5.69 Å². The molecule has 0 radical (unpaired) electrons. The van der Waals surface area contributed by atoms with Gasteiger partial charge >= 0.3 is 0 Å². The summed E-state index contributed by atoms with van der Waals surface area (Å²) in [5.41, 5.74) is 7.05. The van der Waals surface area contributed by atoms with Crippen molar-refractivity contribution in [3.05, 3.63) is 34.7 Å². The van der Waals surface area contributed by atoms with Crippen LogP contribution in [0.3, 0.4) is 0 Å². The first-order valence-corrected chi connectivity index (χ1v) is 3.43. The average molecular weight is 150 g/mol. The Kier molecular flexibility index (Phi) is 2.33.